The van der Waals surface area contributed by atoms with E-state index in [1.54, 1.807) is 12.1 Å². The molecule has 0 bridgehead atoms. The van der Waals surface area contributed by atoms with Gasteiger partial charge in [-0.25, -0.2) is 49.4 Å². The van der Waals surface area contributed by atoms with Crippen LogP contribution in [0.1, 0.15) is 58.9 Å². The normalized spacial score (nSPS) is 18.3. The van der Waals surface area contributed by atoms with Crippen LogP contribution >= 0.6 is 11.6 Å². The van der Waals surface area contributed by atoms with Gasteiger partial charge < -0.3 is 5.73 Å². The molecule has 298 valence electrons. The number of alkyl halides is 6. The van der Waals surface area contributed by atoms with Crippen LogP contribution < -0.4 is 10.5 Å². The number of primary amides is 1. The van der Waals surface area contributed by atoms with Crippen LogP contribution in [0, 0.1) is 17.6 Å². The molecule has 0 aliphatic heterocycles. The maximum Gasteiger partial charge on any atom is 0.293 e. The molecule has 57 heavy (non-hydrogen) atoms. The van der Waals surface area contributed by atoms with Gasteiger partial charge in [0, 0.05) is 29.0 Å². The van der Waals surface area contributed by atoms with Gasteiger partial charge in [0.05, 0.1) is 44.6 Å². The predicted molar refractivity (Wildman–Crippen MR) is 191 cm³/mol. The Morgan fingerprint density at radius 3 is 2.28 bits per heavy atom. The van der Waals surface area contributed by atoms with Crippen molar-refractivity contribution in [2.45, 2.75) is 56.0 Å². The second-order valence-electron chi connectivity index (χ2n) is 14.0. The number of aromatic nitrogens is 6. The summed E-state index contributed by atoms with van der Waals surface area (Å²) in [6, 6.07) is 8.97. The summed E-state index contributed by atoms with van der Waals surface area (Å²) in [6.45, 7) is -1.10. The number of amides is 1. The summed E-state index contributed by atoms with van der Waals surface area (Å²) in [7, 11) is -4.08. The molecule has 1 amide bonds. The summed E-state index contributed by atoms with van der Waals surface area (Å²) in [5.41, 5.74) is 2.92. The van der Waals surface area contributed by atoms with E-state index in [1.807, 2.05) is 0 Å². The SMILES string of the molecule is CS(=O)(=O)Nc1nn(CC(F)F)c2c(-c3nc4ccccc4nc3[C@@H](Cc3cc(F)cc(F)c3)C(C(N)=O)n3nc(C(F)F)c4c3C(F)(F)[C@@H]3C[C@H]43)ccc(Cl)c12. The molecule has 3 aromatic carbocycles. The van der Waals surface area contributed by atoms with Gasteiger partial charge in [-0.1, -0.05) is 23.7 Å². The molecule has 3 aromatic heterocycles. The van der Waals surface area contributed by atoms with Gasteiger partial charge in [0.2, 0.25) is 15.9 Å². The van der Waals surface area contributed by atoms with Crippen LogP contribution in [-0.4, -0.2) is 56.5 Å². The lowest BCUT2D eigenvalue weighted by Crippen LogP contribution is -2.37. The average Bonchev–Trinajstić information content (AvgIpc) is 3.63. The van der Waals surface area contributed by atoms with Crippen LogP contribution in [0.15, 0.2) is 54.6 Å². The summed E-state index contributed by atoms with van der Waals surface area (Å²) in [4.78, 5) is 23.2. The molecule has 2 aliphatic rings. The summed E-state index contributed by atoms with van der Waals surface area (Å²) >= 11 is 6.54. The van der Waals surface area contributed by atoms with Crippen molar-refractivity contribution in [3.63, 3.8) is 0 Å². The van der Waals surface area contributed by atoms with Crippen LogP contribution in [0.2, 0.25) is 5.02 Å². The smallest absolute Gasteiger partial charge is 0.293 e. The number of carbonyl (C=O) groups excluding carboxylic acids is 1. The van der Waals surface area contributed by atoms with Gasteiger partial charge >= 0.3 is 0 Å². The Morgan fingerprint density at radius 2 is 1.67 bits per heavy atom. The molecule has 0 spiro atoms. The number of hydrogen-bond acceptors (Lipinski definition) is 7. The summed E-state index contributed by atoms with van der Waals surface area (Å²) in [5, 5.41) is 7.63. The maximum atomic E-state index is 16.0. The molecule has 1 unspecified atom stereocenters. The highest BCUT2D eigenvalue weighted by Crippen LogP contribution is 2.68. The fourth-order valence-corrected chi connectivity index (χ4v) is 8.63. The van der Waals surface area contributed by atoms with Gasteiger partial charge in [-0.05, 0) is 60.7 Å². The fraction of sp³-hybridized carbons (Fsp3) is 0.306. The van der Waals surface area contributed by atoms with E-state index in [1.165, 1.54) is 24.3 Å². The standard InChI is InChI=1S/C36H27ClF8N8O3S/c1-57(55,56)51-35-26-21(37)7-6-17(30(26)52(50-35)13-24(40)41)27-28(48-23-5-3-2-4-22(23)47-27)19(10-14-8-15(38)11-16(39)9-14)31(34(46)54)53-32-25(29(49-53)33(42)43)18-12-20(18)36(32,44)45/h2-9,11,18-20,24,31,33H,10,12-13H2,1H3,(H2,46,54)(H,50,51)/t18-,19+,20+,31?/m0/s1. The lowest BCUT2D eigenvalue weighted by molar-refractivity contribution is -0.122. The molecule has 2 aliphatic carbocycles. The third-order valence-corrected chi connectivity index (χ3v) is 11.0. The molecule has 1 saturated carbocycles. The minimum atomic E-state index is -4.08. The second kappa shape index (κ2) is 13.6. The first-order valence-corrected chi connectivity index (χ1v) is 19.4. The Kier molecular flexibility index (Phi) is 9.21. The molecule has 21 heteroatoms. The fourth-order valence-electron chi connectivity index (χ4n) is 7.90. The van der Waals surface area contributed by atoms with Crippen molar-refractivity contribution in [3.8, 4) is 11.3 Å². The Morgan fingerprint density at radius 1 is 1.00 bits per heavy atom. The molecule has 8 rings (SSSR count). The number of sulfonamides is 1. The first-order valence-electron chi connectivity index (χ1n) is 17.1. The number of hydrogen-bond donors (Lipinski definition) is 2. The highest BCUT2D eigenvalue weighted by Gasteiger charge is 2.67. The third-order valence-electron chi connectivity index (χ3n) is 10.1. The highest BCUT2D eigenvalue weighted by atomic mass is 35.5. The van der Waals surface area contributed by atoms with Crippen molar-refractivity contribution in [2.24, 2.45) is 11.7 Å². The molecule has 0 saturated heterocycles. The van der Waals surface area contributed by atoms with Crippen molar-refractivity contribution in [2.75, 3.05) is 11.0 Å². The molecule has 0 radical (unpaired) electrons. The van der Waals surface area contributed by atoms with Crippen LogP contribution in [0.3, 0.4) is 0 Å². The lowest BCUT2D eigenvalue weighted by atomic mass is 9.85. The van der Waals surface area contributed by atoms with Crippen molar-refractivity contribution >= 4 is 55.3 Å². The molecular formula is C36H27ClF8N8O3S. The highest BCUT2D eigenvalue weighted by molar-refractivity contribution is 7.92. The number of para-hydroxylation sites is 2. The number of benzene rings is 3. The monoisotopic (exact) mass is 838 g/mol. The zero-order valence-corrected chi connectivity index (χ0v) is 30.6. The first kappa shape index (κ1) is 38.5. The van der Waals surface area contributed by atoms with Crippen LogP contribution in [0.5, 0.6) is 0 Å². The number of nitrogens with zero attached hydrogens (tertiary/aromatic N) is 6. The zero-order chi connectivity index (χ0) is 40.9. The quantitative estimate of drug-likeness (QED) is 0.121. The van der Waals surface area contributed by atoms with E-state index in [0.29, 0.717) is 10.7 Å². The van der Waals surface area contributed by atoms with Gasteiger partial charge in [0.25, 0.3) is 18.8 Å². The maximum absolute atomic E-state index is 16.0. The van der Waals surface area contributed by atoms with E-state index in [4.69, 9.17) is 27.3 Å². The predicted octanol–water partition coefficient (Wildman–Crippen LogP) is 7.61. The van der Waals surface area contributed by atoms with Gasteiger partial charge in [-0.15, -0.1) is 0 Å². The van der Waals surface area contributed by atoms with Crippen LogP contribution in [-0.2, 0) is 33.7 Å². The Hall–Kier alpha value is -5.37. The molecule has 1 fully saturated rings. The minimum absolute atomic E-state index is 0.0958. The molecule has 3 N–H and O–H groups in total. The lowest BCUT2D eigenvalue weighted by Gasteiger charge is -2.29. The molecule has 6 aromatic rings. The van der Waals surface area contributed by atoms with E-state index < -0.39 is 106 Å². The van der Waals surface area contributed by atoms with E-state index >= 15 is 8.78 Å². The molecule has 4 atom stereocenters. The number of rotatable bonds is 12. The van der Waals surface area contributed by atoms with Gasteiger partial charge in [0.1, 0.15) is 35.6 Å². The average molecular weight is 839 g/mol. The Balaban J connectivity index is 1.46. The van der Waals surface area contributed by atoms with Gasteiger partial charge in [0.15, 0.2) is 5.82 Å². The second-order valence-corrected chi connectivity index (χ2v) is 16.1. The third kappa shape index (κ3) is 6.71. The number of fused-ring (bicyclic) bond motifs is 5. The van der Waals surface area contributed by atoms with Gasteiger partial charge in [-0.2, -0.15) is 19.0 Å². The summed E-state index contributed by atoms with van der Waals surface area (Å²) in [5.74, 6) is -11.7. The number of anilines is 1. The molecule has 3 heterocycles. The Bertz CT molecular complexity index is 2730. The molecule has 11 nitrogen and oxygen atoms in total. The van der Waals surface area contributed by atoms with E-state index in [-0.39, 0.29) is 55.9 Å². The van der Waals surface area contributed by atoms with E-state index in [9.17, 15) is 39.6 Å². The summed E-state index contributed by atoms with van der Waals surface area (Å²) in [6.07, 6.45) is -6.33. The minimum Gasteiger partial charge on any atom is -0.368 e. The van der Waals surface area contributed by atoms with E-state index in [0.717, 1.165) is 23.1 Å². The number of carbonyl (C=O) groups is 1. The molecular weight excluding hydrogens is 812 g/mol. The van der Waals surface area contributed by atoms with Crippen molar-refractivity contribution in [3.05, 3.63) is 99.5 Å². The van der Waals surface area contributed by atoms with Gasteiger partial charge in [-0.3, -0.25) is 14.2 Å². The van der Waals surface area contributed by atoms with Crippen molar-refractivity contribution in [1.82, 2.24) is 29.5 Å². The summed E-state index contributed by atoms with van der Waals surface area (Å²) < 4.78 is 147. The van der Waals surface area contributed by atoms with Crippen LogP contribution in [0.25, 0.3) is 33.2 Å². The van der Waals surface area contributed by atoms with E-state index in [2.05, 4.69) is 14.9 Å². The Labute approximate surface area is 321 Å². The topological polar surface area (TPSA) is 151 Å². The number of halogens is 9. The zero-order valence-electron chi connectivity index (χ0n) is 29.1. The van der Waals surface area contributed by atoms with Crippen molar-refractivity contribution in [1.29, 1.82) is 0 Å². The number of nitrogens with one attached hydrogen (secondary N) is 1. The largest absolute Gasteiger partial charge is 0.368 e. The first-order chi connectivity index (χ1) is 26.8. The number of nitrogens with two attached hydrogens (primary N) is 1. The van der Waals surface area contributed by atoms with Crippen molar-refractivity contribution < 1.29 is 48.3 Å². The van der Waals surface area contributed by atoms with Crippen LogP contribution in [0.4, 0.5) is 40.9 Å².